The Kier molecular flexibility index (Phi) is 20.1. The summed E-state index contributed by atoms with van der Waals surface area (Å²) in [7, 11) is 0. The van der Waals surface area contributed by atoms with Crippen LogP contribution < -0.4 is 0 Å². The average Bonchev–Trinajstić information content (AvgIpc) is 2.60. The predicted molar refractivity (Wildman–Crippen MR) is 108 cm³/mol. The molecule has 2 atom stereocenters. The van der Waals surface area contributed by atoms with Crippen molar-refractivity contribution in [1.29, 1.82) is 0 Å². The minimum absolute atomic E-state index is 0.182. The number of rotatable bonds is 20. The lowest BCUT2D eigenvalue weighted by Crippen LogP contribution is -2.22. The highest BCUT2D eigenvalue weighted by molar-refractivity contribution is 4.53. The summed E-state index contributed by atoms with van der Waals surface area (Å²) in [5.41, 5.74) is 0. The summed E-state index contributed by atoms with van der Waals surface area (Å²) >= 11 is 0. The maximum absolute atomic E-state index is 5.81. The van der Waals surface area contributed by atoms with Crippen LogP contribution in [0.4, 0.5) is 0 Å². The highest BCUT2D eigenvalue weighted by atomic mass is 16.6. The largest absolute Gasteiger partial charge is 0.376 e. The SMILES string of the molecule is CCCCCCCCOC(C)COCC(C)OCCCCCCCC. The number of ether oxygens (including phenoxy) is 3. The van der Waals surface area contributed by atoms with Crippen molar-refractivity contribution in [2.75, 3.05) is 26.4 Å². The van der Waals surface area contributed by atoms with Crippen LogP contribution in [-0.4, -0.2) is 38.6 Å². The Morgan fingerprint density at radius 2 is 0.880 bits per heavy atom. The van der Waals surface area contributed by atoms with Gasteiger partial charge in [0, 0.05) is 13.2 Å². The molecule has 0 aromatic rings. The smallest absolute Gasteiger partial charge is 0.0780 e. The van der Waals surface area contributed by atoms with Gasteiger partial charge in [0.2, 0.25) is 0 Å². The normalized spacial score (nSPS) is 13.9. The van der Waals surface area contributed by atoms with Gasteiger partial charge >= 0.3 is 0 Å². The minimum atomic E-state index is 0.182. The first-order chi connectivity index (χ1) is 12.2. The molecule has 0 amide bonds. The molecule has 3 heteroatoms. The molecule has 152 valence electrons. The number of unbranched alkanes of at least 4 members (excludes halogenated alkanes) is 10. The van der Waals surface area contributed by atoms with Crippen molar-refractivity contribution in [2.45, 2.75) is 117 Å². The molecule has 0 aliphatic carbocycles. The molecule has 0 aromatic carbocycles. The zero-order valence-corrected chi connectivity index (χ0v) is 17.7. The van der Waals surface area contributed by atoms with Crippen molar-refractivity contribution in [3.8, 4) is 0 Å². The van der Waals surface area contributed by atoms with Gasteiger partial charge in [-0.1, -0.05) is 78.1 Å². The van der Waals surface area contributed by atoms with Gasteiger partial charge in [-0.2, -0.15) is 0 Å². The molecule has 0 rings (SSSR count). The van der Waals surface area contributed by atoms with Crippen molar-refractivity contribution in [2.24, 2.45) is 0 Å². The molecular weight excluding hydrogens is 312 g/mol. The van der Waals surface area contributed by atoms with Gasteiger partial charge in [-0.15, -0.1) is 0 Å². The molecular formula is C22H46O3. The molecule has 0 fully saturated rings. The lowest BCUT2D eigenvalue weighted by Gasteiger charge is -2.17. The molecule has 0 aromatic heterocycles. The van der Waals surface area contributed by atoms with Crippen LogP contribution in [-0.2, 0) is 14.2 Å². The second-order valence-electron chi connectivity index (χ2n) is 7.44. The van der Waals surface area contributed by atoms with Gasteiger partial charge in [0.05, 0.1) is 25.4 Å². The third kappa shape index (κ3) is 20.0. The van der Waals surface area contributed by atoms with Crippen LogP contribution in [0.25, 0.3) is 0 Å². The van der Waals surface area contributed by atoms with Gasteiger partial charge in [0.15, 0.2) is 0 Å². The van der Waals surface area contributed by atoms with E-state index in [4.69, 9.17) is 14.2 Å². The predicted octanol–water partition coefficient (Wildman–Crippen LogP) is 6.53. The molecule has 0 saturated carbocycles. The highest BCUT2D eigenvalue weighted by Crippen LogP contribution is 2.07. The van der Waals surface area contributed by atoms with Crippen molar-refractivity contribution < 1.29 is 14.2 Å². The van der Waals surface area contributed by atoms with E-state index >= 15 is 0 Å². The zero-order chi connectivity index (χ0) is 18.6. The second kappa shape index (κ2) is 20.2. The molecule has 0 saturated heterocycles. The monoisotopic (exact) mass is 358 g/mol. The third-order valence-electron chi connectivity index (χ3n) is 4.51. The maximum atomic E-state index is 5.81. The van der Waals surface area contributed by atoms with Gasteiger partial charge < -0.3 is 14.2 Å². The standard InChI is InChI=1S/C22H46O3/c1-5-7-9-11-13-15-17-24-21(3)19-23-20-22(4)25-18-16-14-12-10-8-6-2/h21-22H,5-20H2,1-4H3. The molecule has 2 unspecified atom stereocenters. The summed E-state index contributed by atoms with van der Waals surface area (Å²) in [5, 5.41) is 0. The van der Waals surface area contributed by atoms with E-state index < -0.39 is 0 Å². The molecule has 0 aliphatic heterocycles. The van der Waals surface area contributed by atoms with Crippen LogP contribution in [0.1, 0.15) is 105 Å². The summed E-state index contributed by atoms with van der Waals surface area (Å²) in [6, 6.07) is 0. The van der Waals surface area contributed by atoms with E-state index in [-0.39, 0.29) is 12.2 Å². The van der Waals surface area contributed by atoms with Gasteiger partial charge in [-0.05, 0) is 26.7 Å². The summed E-state index contributed by atoms with van der Waals surface area (Å²) in [5.74, 6) is 0. The number of hydrogen-bond acceptors (Lipinski definition) is 3. The van der Waals surface area contributed by atoms with Crippen LogP contribution in [0.5, 0.6) is 0 Å². The summed E-state index contributed by atoms with van der Waals surface area (Å²) in [6.45, 7) is 11.8. The third-order valence-corrected chi connectivity index (χ3v) is 4.51. The fourth-order valence-electron chi connectivity index (χ4n) is 2.83. The topological polar surface area (TPSA) is 27.7 Å². The molecule has 0 bridgehead atoms. The highest BCUT2D eigenvalue weighted by Gasteiger charge is 2.06. The Morgan fingerprint density at radius 1 is 0.520 bits per heavy atom. The lowest BCUT2D eigenvalue weighted by molar-refractivity contribution is -0.0478. The Hall–Kier alpha value is -0.120. The summed E-state index contributed by atoms with van der Waals surface area (Å²) < 4.78 is 17.3. The molecule has 0 heterocycles. The zero-order valence-electron chi connectivity index (χ0n) is 17.7. The van der Waals surface area contributed by atoms with E-state index in [1.54, 1.807) is 0 Å². The van der Waals surface area contributed by atoms with E-state index in [2.05, 4.69) is 27.7 Å². The molecule has 0 spiro atoms. The molecule has 0 aliphatic rings. The fraction of sp³-hybridized carbons (Fsp3) is 1.00. The van der Waals surface area contributed by atoms with Crippen LogP contribution in [0, 0.1) is 0 Å². The van der Waals surface area contributed by atoms with Gasteiger partial charge in [0.25, 0.3) is 0 Å². The number of hydrogen-bond donors (Lipinski definition) is 0. The molecule has 0 radical (unpaired) electrons. The van der Waals surface area contributed by atoms with Crippen LogP contribution in [0.15, 0.2) is 0 Å². The van der Waals surface area contributed by atoms with Crippen molar-refractivity contribution >= 4 is 0 Å². The van der Waals surface area contributed by atoms with Crippen LogP contribution in [0.2, 0.25) is 0 Å². The van der Waals surface area contributed by atoms with Crippen LogP contribution in [0.3, 0.4) is 0 Å². The van der Waals surface area contributed by atoms with Crippen molar-refractivity contribution in [1.82, 2.24) is 0 Å². The second-order valence-corrected chi connectivity index (χ2v) is 7.44. The first-order valence-corrected chi connectivity index (χ1v) is 11.0. The van der Waals surface area contributed by atoms with Crippen molar-refractivity contribution in [3.63, 3.8) is 0 Å². The Morgan fingerprint density at radius 3 is 1.28 bits per heavy atom. The van der Waals surface area contributed by atoms with E-state index in [1.807, 2.05) is 0 Å². The molecule has 0 N–H and O–H groups in total. The van der Waals surface area contributed by atoms with Crippen LogP contribution >= 0.6 is 0 Å². The lowest BCUT2D eigenvalue weighted by atomic mass is 10.1. The average molecular weight is 359 g/mol. The first-order valence-electron chi connectivity index (χ1n) is 11.0. The van der Waals surface area contributed by atoms with Crippen molar-refractivity contribution in [3.05, 3.63) is 0 Å². The quantitative estimate of drug-likeness (QED) is 0.231. The molecule has 3 nitrogen and oxygen atoms in total. The van der Waals surface area contributed by atoms with E-state index in [9.17, 15) is 0 Å². The van der Waals surface area contributed by atoms with Gasteiger partial charge in [-0.25, -0.2) is 0 Å². The van der Waals surface area contributed by atoms with Gasteiger partial charge in [-0.3, -0.25) is 0 Å². The Labute approximate surface area is 158 Å². The minimum Gasteiger partial charge on any atom is -0.376 e. The van der Waals surface area contributed by atoms with E-state index in [0.29, 0.717) is 13.2 Å². The van der Waals surface area contributed by atoms with E-state index in [1.165, 1.54) is 77.0 Å². The summed E-state index contributed by atoms with van der Waals surface area (Å²) in [6.07, 6.45) is 16.1. The Balaban J connectivity index is 3.29. The fourth-order valence-corrected chi connectivity index (χ4v) is 2.83. The first kappa shape index (κ1) is 24.9. The van der Waals surface area contributed by atoms with Gasteiger partial charge in [0.1, 0.15) is 0 Å². The molecule has 25 heavy (non-hydrogen) atoms. The van der Waals surface area contributed by atoms with E-state index in [0.717, 1.165) is 13.2 Å². The Bertz CT molecular complexity index is 221. The maximum Gasteiger partial charge on any atom is 0.0780 e. The summed E-state index contributed by atoms with van der Waals surface area (Å²) in [4.78, 5) is 0.